The molecule has 13 nitrogen and oxygen atoms in total. The summed E-state index contributed by atoms with van der Waals surface area (Å²) in [5, 5.41) is 5.37. The number of para-hydroxylation sites is 1. The number of aromatic nitrogens is 4. The molecule has 0 bridgehead atoms. The van der Waals surface area contributed by atoms with E-state index in [-0.39, 0.29) is 60.3 Å². The molecule has 4 aromatic rings. The zero-order valence-corrected chi connectivity index (χ0v) is 29.3. The number of alkyl halides is 3. The van der Waals surface area contributed by atoms with Crippen molar-refractivity contribution in [3.63, 3.8) is 0 Å². The Balaban J connectivity index is 0.966. The Kier molecular flexibility index (Phi) is 9.69. The lowest BCUT2D eigenvalue weighted by Crippen LogP contribution is -2.44. The van der Waals surface area contributed by atoms with Crippen molar-refractivity contribution in [2.24, 2.45) is 7.05 Å². The quantitative estimate of drug-likeness (QED) is 0.258. The first kappa shape index (κ1) is 35.8. The number of halogens is 3. The highest BCUT2D eigenvalue weighted by Crippen LogP contribution is 2.35. The van der Waals surface area contributed by atoms with Gasteiger partial charge in [-0.3, -0.25) is 28.9 Å². The predicted molar refractivity (Wildman–Crippen MR) is 185 cm³/mol. The van der Waals surface area contributed by atoms with Gasteiger partial charge in [0.05, 0.1) is 21.5 Å². The van der Waals surface area contributed by atoms with E-state index in [1.54, 1.807) is 29.8 Å². The van der Waals surface area contributed by atoms with Gasteiger partial charge in [-0.15, -0.1) is 0 Å². The number of hydrogen-bond donors (Lipinski definition) is 2. The Morgan fingerprint density at radius 2 is 1.62 bits per heavy atom. The minimum atomic E-state index is -4.52. The number of sulfonamides is 1. The maximum Gasteiger partial charge on any atom is 0.419 e. The van der Waals surface area contributed by atoms with E-state index in [1.807, 2.05) is 24.3 Å². The highest BCUT2D eigenvalue weighted by atomic mass is 32.2. The van der Waals surface area contributed by atoms with Crippen molar-refractivity contribution in [3.8, 4) is 0 Å². The Morgan fingerprint density at radius 1 is 0.923 bits per heavy atom. The molecule has 17 heteroatoms. The number of imidazole rings is 1. The highest BCUT2D eigenvalue weighted by molar-refractivity contribution is 7.89. The van der Waals surface area contributed by atoms with Crippen LogP contribution in [0.25, 0.3) is 11.0 Å². The summed E-state index contributed by atoms with van der Waals surface area (Å²) >= 11 is 0. The third kappa shape index (κ3) is 7.08. The number of nitrogens with one attached hydrogen (secondary N) is 2. The topological polar surface area (TPSA) is 152 Å². The van der Waals surface area contributed by atoms with Crippen molar-refractivity contribution in [1.29, 1.82) is 0 Å². The minimum absolute atomic E-state index is 0.0672. The van der Waals surface area contributed by atoms with E-state index in [4.69, 9.17) is 0 Å². The summed E-state index contributed by atoms with van der Waals surface area (Å²) in [6, 6.07) is 11.8. The lowest BCUT2D eigenvalue weighted by molar-refractivity contribution is -0.138. The molecule has 3 aliphatic heterocycles. The molecule has 3 saturated heterocycles. The van der Waals surface area contributed by atoms with Crippen LogP contribution in [0.2, 0.25) is 0 Å². The number of amides is 2. The van der Waals surface area contributed by atoms with E-state index in [9.17, 15) is 36.0 Å². The Bertz CT molecular complexity index is 2150. The fourth-order valence-electron chi connectivity index (χ4n) is 7.61. The molecule has 1 unspecified atom stereocenters. The first-order chi connectivity index (χ1) is 24.8. The molecule has 2 aromatic carbocycles. The van der Waals surface area contributed by atoms with Gasteiger partial charge in [-0.1, -0.05) is 24.3 Å². The molecule has 0 saturated carbocycles. The van der Waals surface area contributed by atoms with Gasteiger partial charge in [0.15, 0.2) is 0 Å². The summed E-state index contributed by atoms with van der Waals surface area (Å²) < 4.78 is 70.3. The fraction of sp³-hybridized carbons (Fsp3) is 0.457. The van der Waals surface area contributed by atoms with Gasteiger partial charge in [-0.25, -0.2) is 23.2 Å². The van der Waals surface area contributed by atoms with Gasteiger partial charge in [-0.2, -0.15) is 17.5 Å². The largest absolute Gasteiger partial charge is 0.419 e. The maximum atomic E-state index is 13.6. The molecule has 52 heavy (non-hydrogen) atoms. The van der Waals surface area contributed by atoms with Crippen LogP contribution in [0.15, 0.2) is 64.5 Å². The van der Waals surface area contributed by atoms with Crippen LogP contribution in [-0.2, 0) is 39.4 Å². The predicted octanol–water partition coefficient (Wildman–Crippen LogP) is 3.77. The third-order valence-corrected chi connectivity index (χ3v) is 12.3. The van der Waals surface area contributed by atoms with Gasteiger partial charge in [0, 0.05) is 51.5 Å². The van der Waals surface area contributed by atoms with Gasteiger partial charge in [-0.05, 0) is 80.4 Å². The van der Waals surface area contributed by atoms with Crippen molar-refractivity contribution in [1.82, 2.24) is 33.6 Å². The number of nitrogens with zero attached hydrogens (tertiary/aromatic N) is 6. The number of carbonyl (C=O) groups is 2. The molecule has 7 rings (SSSR count). The molecule has 2 aromatic heterocycles. The number of rotatable bonds is 8. The van der Waals surface area contributed by atoms with Crippen LogP contribution in [0.4, 0.5) is 19.1 Å². The number of anilines is 1. The smallest absolute Gasteiger partial charge is 0.351 e. The van der Waals surface area contributed by atoms with Gasteiger partial charge < -0.3 is 5.32 Å². The zero-order chi connectivity index (χ0) is 36.8. The Labute approximate surface area is 297 Å². The normalized spacial score (nSPS) is 20.3. The summed E-state index contributed by atoms with van der Waals surface area (Å²) in [5.41, 5.74) is 2.16. The van der Waals surface area contributed by atoms with Crippen LogP contribution in [0.5, 0.6) is 0 Å². The van der Waals surface area contributed by atoms with Crippen molar-refractivity contribution in [2.45, 2.75) is 74.1 Å². The van der Waals surface area contributed by atoms with Crippen molar-refractivity contribution in [3.05, 3.63) is 82.0 Å². The second kappa shape index (κ2) is 14.1. The fourth-order valence-corrected chi connectivity index (χ4v) is 9.15. The molecule has 3 fully saturated rings. The second-order valence-corrected chi connectivity index (χ2v) is 15.6. The monoisotopic (exact) mass is 740 g/mol. The van der Waals surface area contributed by atoms with E-state index in [1.165, 1.54) is 8.87 Å². The van der Waals surface area contributed by atoms with E-state index in [2.05, 4.69) is 25.5 Å². The van der Waals surface area contributed by atoms with Crippen LogP contribution in [0.3, 0.4) is 0 Å². The van der Waals surface area contributed by atoms with Gasteiger partial charge in [0.2, 0.25) is 27.8 Å². The highest BCUT2D eigenvalue weighted by Gasteiger charge is 2.34. The number of imide groups is 1. The van der Waals surface area contributed by atoms with Crippen molar-refractivity contribution < 1.29 is 31.2 Å². The first-order valence-corrected chi connectivity index (χ1v) is 18.7. The molecule has 0 aliphatic carbocycles. The van der Waals surface area contributed by atoms with Gasteiger partial charge in [0.1, 0.15) is 6.04 Å². The molecule has 1 atom stereocenters. The average molecular weight is 741 g/mol. The van der Waals surface area contributed by atoms with E-state index >= 15 is 0 Å². The molecule has 3 aliphatic rings. The maximum absolute atomic E-state index is 13.6. The van der Waals surface area contributed by atoms with Crippen LogP contribution in [-0.4, -0.2) is 80.8 Å². The zero-order valence-electron chi connectivity index (χ0n) is 28.5. The first-order valence-electron chi connectivity index (χ1n) is 17.3. The van der Waals surface area contributed by atoms with E-state index < -0.39 is 33.7 Å². The molecule has 0 spiro atoms. The van der Waals surface area contributed by atoms with E-state index in [0.717, 1.165) is 55.0 Å². The lowest BCUT2D eigenvalue weighted by Gasteiger charge is -2.33. The van der Waals surface area contributed by atoms with Gasteiger partial charge in [0.25, 0.3) is 0 Å². The van der Waals surface area contributed by atoms with Gasteiger partial charge >= 0.3 is 11.9 Å². The Morgan fingerprint density at radius 3 is 2.29 bits per heavy atom. The summed E-state index contributed by atoms with van der Waals surface area (Å²) in [5.74, 6) is -0.552. The molecule has 2 N–H and O–H groups in total. The molecular weight excluding hydrogens is 701 g/mol. The summed E-state index contributed by atoms with van der Waals surface area (Å²) in [7, 11) is -2.06. The van der Waals surface area contributed by atoms with Crippen LogP contribution in [0.1, 0.15) is 67.2 Å². The number of piperidine rings is 3. The molecule has 276 valence electrons. The minimum Gasteiger partial charge on any atom is -0.351 e. The Hall–Kier alpha value is -4.61. The number of carbonyl (C=O) groups excluding carboxylic acids is 2. The molecule has 5 heterocycles. The number of aryl methyl sites for hydroxylation is 1. The van der Waals surface area contributed by atoms with Crippen molar-refractivity contribution >= 4 is 38.8 Å². The lowest BCUT2D eigenvalue weighted by atomic mass is 9.88. The standard InChI is InChI=1S/C35H39F3N8O5S/c1-43-31-27(6-3-7-28(31)46(34(43)49)29-8-9-30(47)42-32(29)48)23-10-14-44(15-11-23)21-22-4-2-5-26(18-22)52(50,51)45-16-12-25(13-17-45)41-33-39-19-24(20-40-33)35(36,37)38/h2-7,18-20,23,25,29H,8-17,21H2,1H3,(H,39,40,41)(H,42,47,48). The average Bonchev–Trinajstić information content (AvgIpc) is 3.38. The molecule has 2 amide bonds. The number of likely N-dealkylation sites (tertiary alicyclic amines) is 1. The van der Waals surface area contributed by atoms with E-state index in [0.29, 0.717) is 24.9 Å². The van der Waals surface area contributed by atoms with Crippen LogP contribution < -0.4 is 16.3 Å². The van der Waals surface area contributed by atoms with Crippen LogP contribution >= 0.6 is 0 Å². The number of benzene rings is 2. The third-order valence-electron chi connectivity index (χ3n) is 10.4. The number of hydrogen-bond acceptors (Lipinski definition) is 9. The second-order valence-electron chi connectivity index (χ2n) is 13.7. The van der Waals surface area contributed by atoms with Crippen LogP contribution in [0, 0.1) is 0 Å². The number of fused-ring (bicyclic) bond motifs is 1. The molecule has 0 radical (unpaired) electrons. The van der Waals surface area contributed by atoms with Crippen molar-refractivity contribution in [2.75, 3.05) is 31.5 Å². The summed E-state index contributed by atoms with van der Waals surface area (Å²) in [4.78, 5) is 47.8. The summed E-state index contributed by atoms with van der Waals surface area (Å²) in [6.07, 6.45) is -0.0792. The molecular formula is C35H39F3N8O5S. The SMILES string of the molecule is Cn1c(=O)n(C2CCC(=O)NC2=O)c2cccc(C3CCN(Cc4cccc(S(=O)(=O)N5CCC(Nc6ncc(C(F)(F)F)cn6)CC5)c4)CC3)c21. The summed E-state index contributed by atoms with van der Waals surface area (Å²) in [6.45, 7) is 2.59.